The summed E-state index contributed by atoms with van der Waals surface area (Å²) in [5.74, 6) is 0.388. The Balaban J connectivity index is 2.53. The van der Waals surface area contributed by atoms with Crippen molar-refractivity contribution in [3.05, 3.63) is 29.7 Å². The van der Waals surface area contributed by atoms with E-state index in [0.717, 1.165) is 17.0 Å². The van der Waals surface area contributed by atoms with Gasteiger partial charge in [0.15, 0.2) is 0 Å². The van der Waals surface area contributed by atoms with Crippen molar-refractivity contribution in [2.24, 2.45) is 0 Å². The molecule has 4 heteroatoms. The molecule has 0 aliphatic rings. The van der Waals surface area contributed by atoms with Crippen LogP contribution in [0.5, 0.6) is 0 Å². The molecule has 0 amide bonds. The largest absolute Gasteiger partial charge is 0.257 e. The molecule has 0 aromatic carbocycles. The summed E-state index contributed by atoms with van der Waals surface area (Å²) in [7, 11) is 0. The molecule has 2 aromatic rings. The lowest BCUT2D eigenvalue weighted by Gasteiger charge is -2.07. The van der Waals surface area contributed by atoms with Crippen molar-refractivity contribution in [1.82, 2.24) is 14.3 Å². The van der Waals surface area contributed by atoms with Gasteiger partial charge in [0.05, 0.1) is 17.6 Å². The van der Waals surface area contributed by atoms with Gasteiger partial charge in [0.25, 0.3) is 0 Å². The van der Waals surface area contributed by atoms with Crippen LogP contribution in [-0.4, -0.2) is 14.3 Å². The molecule has 0 fully saturated rings. The molecule has 3 nitrogen and oxygen atoms in total. The van der Waals surface area contributed by atoms with E-state index < -0.39 is 0 Å². The Morgan fingerprint density at radius 3 is 2.64 bits per heavy atom. The molecule has 0 saturated heterocycles. The maximum absolute atomic E-state index is 4.35. The summed E-state index contributed by atoms with van der Waals surface area (Å²) in [4.78, 5) is 8.70. The second kappa shape index (κ2) is 3.84. The first kappa shape index (κ1) is 9.27. The van der Waals surface area contributed by atoms with E-state index in [9.17, 15) is 0 Å². The number of rotatable bonds is 2. The zero-order valence-electron chi connectivity index (χ0n) is 8.14. The van der Waals surface area contributed by atoms with Crippen LogP contribution in [0.2, 0.25) is 0 Å². The third-order valence-electron chi connectivity index (χ3n) is 1.98. The SMILES string of the molecule is CC(C)c1nccnc1-c1cnsc1. The summed E-state index contributed by atoms with van der Waals surface area (Å²) in [5, 5.41) is 2.00. The van der Waals surface area contributed by atoms with E-state index in [4.69, 9.17) is 0 Å². The van der Waals surface area contributed by atoms with Gasteiger partial charge >= 0.3 is 0 Å². The second-order valence-corrected chi connectivity index (χ2v) is 4.02. The Bertz CT molecular complexity index is 409. The summed E-state index contributed by atoms with van der Waals surface area (Å²) in [5.41, 5.74) is 3.05. The average Bonchev–Trinajstić information content (AvgIpc) is 2.70. The van der Waals surface area contributed by atoms with E-state index >= 15 is 0 Å². The van der Waals surface area contributed by atoms with Crippen LogP contribution in [0.15, 0.2) is 24.0 Å². The van der Waals surface area contributed by atoms with Gasteiger partial charge in [0.1, 0.15) is 0 Å². The summed E-state index contributed by atoms with van der Waals surface area (Å²) >= 11 is 1.44. The Morgan fingerprint density at radius 2 is 2.00 bits per heavy atom. The molecular formula is C10H11N3S. The monoisotopic (exact) mass is 205 g/mol. The van der Waals surface area contributed by atoms with Crippen molar-refractivity contribution < 1.29 is 0 Å². The minimum absolute atomic E-state index is 0.388. The van der Waals surface area contributed by atoms with Crippen molar-refractivity contribution in [2.75, 3.05) is 0 Å². The molecule has 0 aliphatic carbocycles. The van der Waals surface area contributed by atoms with Crippen LogP contribution in [0.4, 0.5) is 0 Å². The molecular weight excluding hydrogens is 194 g/mol. The molecule has 0 N–H and O–H groups in total. The van der Waals surface area contributed by atoms with Crippen LogP contribution < -0.4 is 0 Å². The fourth-order valence-corrected chi connectivity index (χ4v) is 1.84. The molecule has 0 radical (unpaired) electrons. The van der Waals surface area contributed by atoms with Gasteiger partial charge in [0.2, 0.25) is 0 Å². The molecule has 14 heavy (non-hydrogen) atoms. The third-order valence-corrected chi connectivity index (χ3v) is 2.57. The van der Waals surface area contributed by atoms with E-state index in [1.807, 2.05) is 11.6 Å². The molecule has 0 spiro atoms. The highest BCUT2D eigenvalue weighted by atomic mass is 32.1. The highest BCUT2D eigenvalue weighted by Gasteiger charge is 2.11. The number of hydrogen-bond donors (Lipinski definition) is 0. The van der Waals surface area contributed by atoms with Gasteiger partial charge in [-0.2, -0.15) is 0 Å². The first-order valence-electron chi connectivity index (χ1n) is 4.49. The third kappa shape index (κ3) is 1.65. The van der Waals surface area contributed by atoms with Crippen LogP contribution in [-0.2, 0) is 0 Å². The molecule has 0 aliphatic heterocycles. The van der Waals surface area contributed by atoms with Crippen molar-refractivity contribution in [2.45, 2.75) is 19.8 Å². The molecule has 2 aromatic heterocycles. The fourth-order valence-electron chi connectivity index (χ4n) is 1.32. The summed E-state index contributed by atoms with van der Waals surface area (Å²) in [6.45, 7) is 4.24. The van der Waals surface area contributed by atoms with Gasteiger partial charge in [0, 0.05) is 23.3 Å². The van der Waals surface area contributed by atoms with Crippen LogP contribution >= 0.6 is 11.5 Å². The molecule has 72 valence electrons. The Kier molecular flexibility index (Phi) is 2.54. The van der Waals surface area contributed by atoms with Crippen LogP contribution in [0.3, 0.4) is 0 Å². The summed E-state index contributed by atoms with van der Waals surface area (Å²) < 4.78 is 4.07. The van der Waals surface area contributed by atoms with E-state index in [2.05, 4.69) is 28.2 Å². The van der Waals surface area contributed by atoms with Gasteiger partial charge in [-0.15, -0.1) is 0 Å². The van der Waals surface area contributed by atoms with Gasteiger partial charge in [-0.05, 0) is 17.5 Å². The van der Waals surface area contributed by atoms with E-state index in [-0.39, 0.29) is 0 Å². The minimum atomic E-state index is 0.388. The fraction of sp³-hybridized carbons (Fsp3) is 0.300. The Hall–Kier alpha value is -1.29. The average molecular weight is 205 g/mol. The van der Waals surface area contributed by atoms with Crippen molar-refractivity contribution in [3.8, 4) is 11.3 Å². The molecule has 0 unspecified atom stereocenters. The standard InChI is InChI=1S/C10H11N3S/c1-7(2)9-10(12-4-3-11-9)8-5-13-14-6-8/h3-7H,1-2H3. The minimum Gasteiger partial charge on any atom is -0.257 e. The molecule has 2 heterocycles. The normalized spacial score (nSPS) is 10.8. The highest BCUT2D eigenvalue weighted by Crippen LogP contribution is 2.25. The van der Waals surface area contributed by atoms with Crippen LogP contribution in [0, 0.1) is 0 Å². The zero-order chi connectivity index (χ0) is 9.97. The van der Waals surface area contributed by atoms with E-state index in [1.54, 1.807) is 12.4 Å². The summed E-state index contributed by atoms with van der Waals surface area (Å²) in [6, 6.07) is 0. The zero-order valence-corrected chi connectivity index (χ0v) is 8.95. The van der Waals surface area contributed by atoms with Gasteiger partial charge in [-0.1, -0.05) is 13.8 Å². The number of nitrogens with zero attached hydrogens (tertiary/aromatic N) is 3. The summed E-state index contributed by atoms with van der Waals surface area (Å²) in [6.07, 6.45) is 5.29. The van der Waals surface area contributed by atoms with Gasteiger partial charge in [-0.3, -0.25) is 9.97 Å². The molecule has 2 rings (SSSR count). The smallest absolute Gasteiger partial charge is 0.0944 e. The van der Waals surface area contributed by atoms with Crippen molar-refractivity contribution >= 4 is 11.5 Å². The topological polar surface area (TPSA) is 38.7 Å². The van der Waals surface area contributed by atoms with Crippen molar-refractivity contribution in [3.63, 3.8) is 0 Å². The van der Waals surface area contributed by atoms with Gasteiger partial charge < -0.3 is 0 Å². The van der Waals surface area contributed by atoms with Gasteiger partial charge in [-0.25, -0.2) is 4.37 Å². The van der Waals surface area contributed by atoms with Crippen LogP contribution in [0.25, 0.3) is 11.3 Å². The lowest BCUT2D eigenvalue weighted by atomic mass is 10.1. The maximum Gasteiger partial charge on any atom is 0.0944 e. The van der Waals surface area contributed by atoms with Crippen molar-refractivity contribution in [1.29, 1.82) is 0 Å². The lowest BCUT2D eigenvalue weighted by molar-refractivity contribution is 0.816. The number of hydrogen-bond acceptors (Lipinski definition) is 4. The van der Waals surface area contributed by atoms with E-state index in [1.165, 1.54) is 11.5 Å². The second-order valence-electron chi connectivity index (χ2n) is 3.36. The number of aromatic nitrogens is 3. The Morgan fingerprint density at radius 1 is 1.21 bits per heavy atom. The first-order chi connectivity index (χ1) is 6.79. The maximum atomic E-state index is 4.35. The molecule has 0 atom stereocenters. The first-order valence-corrected chi connectivity index (χ1v) is 5.33. The molecule has 0 saturated carbocycles. The van der Waals surface area contributed by atoms with Crippen LogP contribution in [0.1, 0.15) is 25.5 Å². The van der Waals surface area contributed by atoms with E-state index in [0.29, 0.717) is 5.92 Å². The highest BCUT2D eigenvalue weighted by molar-refractivity contribution is 7.03. The lowest BCUT2D eigenvalue weighted by Crippen LogP contribution is -1.97. The predicted octanol–water partition coefficient (Wildman–Crippen LogP) is 2.72. The quantitative estimate of drug-likeness (QED) is 0.756. The predicted molar refractivity (Wildman–Crippen MR) is 57.2 cm³/mol. The Labute approximate surface area is 87.0 Å². The molecule has 0 bridgehead atoms.